The topological polar surface area (TPSA) is 119 Å². The van der Waals surface area contributed by atoms with Crippen LogP contribution in [0.5, 0.6) is 5.75 Å². The van der Waals surface area contributed by atoms with Crippen LogP contribution in [-0.2, 0) is 16.6 Å². The molecule has 1 aliphatic heterocycles. The fourth-order valence-corrected chi connectivity index (χ4v) is 4.81. The molecule has 1 N–H and O–H groups in total. The van der Waals surface area contributed by atoms with Gasteiger partial charge < -0.3 is 24.2 Å². The number of hydrogen-bond acceptors (Lipinski definition) is 7. The van der Waals surface area contributed by atoms with Gasteiger partial charge in [-0.1, -0.05) is 26.8 Å². The van der Waals surface area contributed by atoms with E-state index in [0.29, 0.717) is 5.76 Å². The van der Waals surface area contributed by atoms with E-state index < -0.39 is 10.2 Å². The van der Waals surface area contributed by atoms with Gasteiger partial charge in [-0.25, -0.2) is 0 Å². The fourth-order valence-electron chi connectivity index (χ4n) is 3.92. The molecule has 1 aromatic heterocycles. The second kappa shape index (κ2) is 9.49. The van der Waals surface area contributed by atoms with Gasteiger partial charge in [-0.15, -0.1) is 8.80 Å². The van der Waals surface area contributed by atoms with Crippen LogP contribution in [0.2, 0.25) is 0 Å². The van der Waals surface area contributed by atoms with E-state index in [1.165, 1.54) is 15.9 Å². The van der Waals surface area contributed by atoms with Gasteiger partial charge in [0.25, 0.3) is 5.91 Å². The minimum Gasteiger partial charge on any atom is -0.505 e. The number of phenols is 1. The third kappa shape index (κ3) is 4.79. The molecule has 0 radical (unpaired) electrons. The average Bonchev–Trinajstić information content (AvgIpc) is 3.36. The van der Waals surface area contributed by atoms with E-state index in [1.807, 2.05) is 26.8 Å². The predicted molar refractivity (Wildman–Crippen MR) is 132 cm³/mol. The van der Waals surface area contributed by atoms with Gasteiger partial charge >= 0.3 is 10.2 Å². The number of nitrogens with zero attached hydrogens (tertiary/aromatic N) is 5. The Morgan fingerprint density at radius 1 is 1.12 bits per heavy atom. The van der Waals surface area contributed by atoms with Crippen LogP contribution in [-0.4, -0.2) is 69.1 Å². The van der Waals surface area contributed by atoms with Crippen molar-refractivity contribution in [2.45, 2.75) is 33.2 Å². The summed E-state index contributed by atoms with van der Waals surface area (Å²) in [5.41, 5.74) is 1.34. The Balaban J connectivity index is 2.04. The molecule has 1 aromatic carbocycles. The zero-order valence-electron chi connectivity index (χ0n) is 20.5. The van der Waals surface area contributed by atoms with E-state index in [1.54, 1.807) is 51.5 Å². The number of aryl methyl sites for hydroxylation is 1. The van der Waals surface area contributed by atoms with Gasteiger partial charge in [-0.2, -0.15) is 8.42 Å². The normalized spacial score (nSPS) is 15.6. The Kier molecular flexibility index (Phi) is 7.06. The lowest BCUT2D eigenvalue weighted by Crippen LogP contribution is -2.43. The van der Waals surface area contributed by atoms with Gasteiger partial charge in [0.1, 0.15) is 5.76 Å². The summed E-state index contributed by atoms with van der Waals surface area (Å²) in [4.78, 5) is 16.9. The molecule has 0 saturated heterocycles. The highest BCUT2D eigenvalue weighted by atomic mass is 32.2. The first-order valence-corrected chi connectivity index (χ1v) is 12.3. The van der Waals surface area contributed by atoms with Gasteiger partial charge in [0.15, 0.2) is 17.4 Å². The van der Waals surface area contributed by atoms with Crippen LogP contribution >= 0.6 is 0 Å². The summed E-state index contributed by atoms with van der Waals surface area (Å²) in [5.74, 6) is 0.207. The number of furan rings is 1. The van der Waals surface area contributed by atoms with Crippen molar-refractivity contribution in [3.63, 3.8) is 0 Å². The third-order valence-corrected chi connectivity index (χ3v) is 6.50. The summed E-state index contributed by atoms with van der Waals surface area (Å²) in [5, 5.41) is 10.8. The maximum absolute atomic E-state index is 12.5. The largest absolute Gasteiger partial charge is 0.505 e. The molecule has 184 valence electrons. The van der Waals surface area contributed by atoms with Crippen molar-refractivity contribution in [3.8, 4) is 5.75 Å². The highest BCUT2D eigenvalue weighted by Gasteiger charge is 2.36. The molecule has 1 amide bonds. The lowest BCUT2D eigenvalue weighted by molar-refractivity contribution is 0.0824. The Hall–Kier alpha value is -3.34. The SMILES string of the molecule is CCc1coc([C@@H](C(C)C)N(C)C2=NS(=O)(=O)N=C2N(C)c2cccc(C(=O)N(C)C)c2O)c1. The quantitative estimate of drug-likeness (QED) is 0.662. The van der Waals surface area contributed by atoms with E-state index in [2.05, 4.69) is 8.80 Å². The number of likely N-dealkylation sites (N-methyl/N-ethyl adjacent to an activating group) is 2. The van der Waals surface area contributed by atoms with E-state index in [9.17, 15) is 18.3 Å². The Labute approximate surface area is 200 Å². The zero-order chi connectivity index (χ0) is 25.4. The number of carbonyl (C=O) groups is 1. The van der Waals surface area contributed by atoms with Crippen molar-refractivity contribution < 1.29 is 22.7 Å². The fraction of sp³-hybridized carbons (Fsp3) is 0.435. The lowest BCUT2D eigenvalue weighted by Gasteiger charge is -2.33. The van der Waals surface area contributed by atoms with Crippen LogP contribution in [0.25, 0.3) is 0 Å². The molecule has 1 atom stereocenters. The number of carbonyl (C=O) groups excluding carboxylic acids is 1. The van der Waals surface area contributed by atoms with E-state index >= 15 is 0 Å². The van der Waals surface area contributed by atoms with Gasteiger partial charge in [0.2, 0.25) is 0 Å². The smallest absolute Gasteiger partial charge is 0.367 e. The number of amidine groups is 2. The number of para-hydroxylation sites is 1. The maximum Gasteiger partial charge on any atom is 0.367 e. The number of anilines is 1. The second-order valence-electron chi connectivity index (χ2n) is 8.72. The van der Waals surface area contributed by atoms with Gasteiger partial charge in [-0.3, -0.25) is 4.79 Å². The van der Waals surface area contributed by atoms with Gasteiger partial charge in [-0.05, 0) is 36.1 Å². The van der Waals surface area contributed by atoms with Crippen LogP contribution in [0.3, 0.4) is 0 Å². The molecule has 0 fully saturated rings. The molecule has 2 aromatic rings. The van der Waals surface area contributed by atoms with Crippen LogP contribution in [0.1, 0.15) is 48.5 Å². The molecule has 0 unspecified atom stereocenters. The lowest BCUT2D eigenvalue weighted by atomic mass is 9.99. The standard InChI is InChI=1S/C23H31N5O5S/c1-8-15-12-18(33-13-15)19(14(2)3)28(7)22-21(24-34(31,32)25-22)27(6)17-11-9-10-16(20(17)29)23(30)26(4)5/h9-14,19,29H,8H2,1-7H3/t19-/m1/s1. The molecule has 10 nitrogen and oxygen atoms in total. The highest BCUT2D eigenvalue weighted by Crippen LogP contribution is 2.35. The number of amides is 1. The van der Waals surface area contributed by atoms with Crippen molar-refractivity contribution in [1.82, 2.24) is 9.80 Å². The second-order valence-corrected chi connectivity index (χ2v) is 9.98. The predicted octanol–water partition coefficient (Wildman–Crippen LogP) is 3.07. The first-order valence-electron chi connectivity index (χ1n) is 10.9. The minimum absolute atomic E-state index is 0.0279. The summed E-state index contributed by atoms with van der Waals surface area (Å²) in [6.45, 7) is 6.03. The van der Waals surface area contributed by atoms with Crippen molar-refractivity contribution in [2.24, 2.45) is 14.7 Å². The van der Waals surface area contributed by atoms with Crippen LogP contribution in [0.15, 0.2) is 43.7 Å². The van der Waals surface area contributed by atoms with E-state index in [4.69, 9.17) is 4.42 Å². The molecule has 11 heteroatoms. The number of hydrogen-bond donors (Lipinski definition) is 1. The molecule has 2 heterocycles. The summed E-state index contributed by atoms with van der Waals surface area (Å²) < 4.78 is 38.4. The van der Waals surface area contributed by atoms with E-state index in [-0.39, 0.29) is 46.5 Å². The Morgan fingerprint density at radius 2 is 1.76 bits per heavy atom. The monoisotopic (exact) mass is 489 g/mol. The molecule has 3 rings (SSSR count). The van der Waals surface area contributed by atoms with Crippen LogP contribution < -0.4 is 4.90 Å². The summed E-state index contributed by atoms with van der Waals surface area (Å²) in [6, 6.07) is 6.32. The molecule has 34 heavy (non-hydrogen) atoms. The Bertz CT molecular complexity index is 1250. The molecular weight excluding hydrogens is 458 g/mol. The van der Waals surface area contributed by atoms with Gasteiger partial charge in [0.05, 0.1) is 23.6 Å². The molecule has 0 saturated carbocycles. The molecule has 0 bridgehead atoms. The number of rotatable bonds is 6. The van der Waals surface area contributed by atoms with Crippen LogP contribution in [0, 0.1) is 5.92 Å². The summed E-state index contributed by atoms with van der Waals surface area (Å²) in [7, 11) is 2.32. The van der Waals surface area contributed by atoms with Crippen LogP contribution in [0.4, 0.5) is 5.69 Å². The van der Waals surface area contributed by atoms with Crippen molar-refractivity contribution in [2.75, 3.05) is 33.1 Å². The molecule has 0 aliphatic carbocycles. The molecule has 1 aliphatic rings. The highest BCUT2D eigenvalue weighted by molar-refractivity contribution is 7.89. The number of benzene rings is 1. The number of aromatic hydroxyl groups is 1. The first kappa shape index (κ1) is 25.3. The third-order valence-electron chi connectivity index (χ3n) is 5.69. The van der Waals surface area contributed by atoms with Crippen molar-refractivity contribution >= 4 is 33.5 Å². The number of phenolic OH excluding ortho intramolecular Hbond substituents is 1. The maximum atomic E-state index is 12.5. The Morgan fingerprint density at radius 3 is 2.32 bits per heavy atom. The average molecular weight is 490 g/mol. The first-order chi connectivity index (χ1) is 15.9. The zero-order valence-corrected chi connectivity index (χ0v) is 21.3. The summed E-state index contributed by atoms with van der Waals surface area (Å²) >= 11 is 0. The summed E-state index contributed by atoms with van der Waals surface area (Å²) in [6.07, 6.45) is 2.50. The van der Waals surface area contributed by atoms with E-state index in [0.717, 1.165) is 12.0 Å². The molecule has 0 spiro atoms. The van der Waals surface area contributed by atoms with Crippen molar-refractivity contribution in [3.05, 3.63) is 47.4 Å². The minimum atomic E-state index is -4.13. The molecular formula is C23H31N5O5S. The van der Waals surface area contributed by atoms with Gasteiger partial charge in [0, 0.05) is 28.2 Å². The van der Waals surface area contributed by atoms with Crippen molar-refractivity contribution in [1.29, 1.82) is 0 Å².